The van der Waals surface area contributed by atoms with Crippen molar-refractivity contribution in [3.8, 4) is 0 Å². The second kappa shape index (κ2) is 10.0. The number of nitrogens with one attached hydrogen (secondary N) is 1. The highest BCUT2D eigenvalue weighted by Crippen LogP contribution is 2.30. The summed E-state index contributed by atoms with van der Waals surface area (Å²) in [6, 6.07) is 17.1. The standard InChI is InChI=1S/C19H17NOS.2C2H6/c1-13(10-14-8-9-22-12-14)20-15-6-7-19-17(11-15)16-4-2-3-5-18(16)21-19;2*1-2/h2-9,11-13,20H,10H2,1H3;2*1-2H3. The summed E-state index contributed by atoms with van der Waals surface area (Å²) in [6.45, 7) is 10.2. The summed E-state index contributed by atoms with van der Waals surface area (Å²) in [5.74, 6) is 0. The Morgan fingerprint density at radius 1 is 0.923 bits per heavy atom. The molecule has 0 fully saturated rings. The number of hydrogen-bond donors (Lipinski definition) is 1. The maximum atomic E-state index is 5.87. The van der Waals surface area contributed by atoms with E-state index < -0.39 is 0 Å². The lowest BCUT2D eigenvalue weighted by atomic mass is 10.1. The minimum Gasteiger partial charge on any atom is -0.456 e. The van der Waals surface area contributed by atoms with E-state index in [9.17, 15) is 0 Å². The molecule has 138 valence electrons. The van der Waals surface area contributed by atoms with Crippen molar-refractivity contribution >= 4 is 39.0 Å². The van der Waals surface area contributed by atoms with Gasteiger partial charge in [0.1, 0.15) is 11.2 Å². The number of thiophene rings is 1. The Bertz CT molecular complexity index is 908. The van der Waals surface area contributed by atoms with Crippen molar-refractivity contribution in [1.82, 2.24) is 0 Å². The molecule has 0 radical (unpaired) electrons. The van der Waals surface area contributed by atoms with Gasteiger partial charge in [0.05, 0.1) is 0 Å². The number of para-hydroxylation sites is 1. The van der Waals surface area contributed by atoms with Crippen LogP contribution in [-0.4, -0.2) is 6.04 Å². The van der Waals surface area contributed by atoms with E-state index in [4.69, 9.17) is 4.42 Å². The van der Waals surface area contributed by atoms with E-state index in [2.05, 4.69) is 59.4 Å². The smallest absolute Gasteiger partial charge is 0.135 e. The Balaban J connectivity index is 0.000000570. The fraction of sp³-hybridized carbons (Fsp3) is 0.304. The molecule has 2 heterocycles. The molecule has 2 aromatic carbocycles. The molecule has 0 bridgehead atoms. The normalized spacial score (nSPS) is 11.3. The average Bonchev–Trinajstić information content (AvgIpc) is 3.32. The van der Waals surface area contributed by atoms with Gasteiger partial charge in [-0.05, 0) is 60.0 Å². The first-order chi connectivity index (χ1) is 12.8. The van der Waals surface area contributed by atoms with Crippen LogP contribution in [0.2, 0.25) is 0 Å². The van der Waals surface area contributed by atoms with Gasteiger partial charge < -0.3 is 9.73 Å². The Labute approximate surface area is 160 Å². The monoisotopic (exact) mass is 367 g/mol. The number of fused-ring (bicyclic) bond motifs is 3. The van der Waals surface area contributed by atoms with E-state index in [1.807, 2.05) is 39.8 Å². The molecule has 0 aliphatic carbocycles. The second-order valence-corrected chi connectivity index (χ2v) is 6.47. The molecule has 1 unspecified atom stereocenters. The van der Waals surface area contributed by atoms with E-state index >= 15 is 0 Å². The van der Waals surface area contributed by atoms with Gasteiger partial charge in [-0.15, -0.1) is 0 Å². The molecule has 0 spiro atoms. The quantitative estimate of drug-likeness (QED) is 0.399. The highest BCUT2D eigenvalue weighted by Gasteiger charge is 2.09. The van der Waals surface area contributed by atoms with Crippen molar-refractivity contribution in [2.75, 3.05) is 5.32 Å². The minimum absolute atomic E-state index is 0.394. The van der Waals surface area contributed by atoms with Gasteiger partial charge in [-0.25, -0.2) is 0 Å². The van der Waals surface area contributed by atoms with Crippen LogP contribution >= 0.6 is 11.3 Å². The van der Waals surface area contributed by atoms with E-state index in [-0.39, 0.29) is 0 Å². The van der Waals surface area contributed by atoms with Gasteiger partial charge in [0.25, 0.3) is 0 Å². The van der Waals surface area contributed by atoms with Gasteiger partial charge >= 0.3 is 0 Å². The molecule has 0 aliphatic heterocycles. The maximum absolute atomic E-state index is 5.87. The first kappa shape index (κ1) is 20.1. The van der Waals surface area contributed by atoms with Crippen molar-refractivity contribution in [2.24, 2.45) is 0 Å². The predicted octanol–water partition coefficient (Wildman–Crippen LogP) is 7.74. The number of furan rings is 1. The summed E-state index contributed by atoms with van der Waals surface area (Å²) in [4.78, 5) is 0. The molecular formula is C23H29NOS. The number of rotatable bonds is 4. The van der Waals surface area contributed by atoms with Crippen molar-refractivity contribution in [3.05, 3.63) is 64.9 Å². The van der Waals surface area contributed by atoms with Crippen molar-refractivity contribution < 1.29 is 4.42 Å². The van der Waals surface area contributed by atoms with Gasteiger partial charge in [0.2, 0.25) is 0 Å². The third kappa shape index (κ3) is 4.67. The number of hydrogen-bond acceptors (Lipinski definition) is 3. The Morgan fingerprint density at radius 3 is 2.38 bits per heavy atom. The average molecular weight is 368 g/mol. The maximum Gasteiger partial charge on any atom is 0.135 e. The van der Waals surface area contributed by atoms with Gasteiger partial charge in [-0.2, -0.15) is 11.3 Å². The van der Waals surface area contributed by atoms with E-state index in [0.717, 1.165) is 23.3 Å². The van der Waals surface area contributed by atoms with Crippen LogP contribution < -0.4 is 5.32 Å². The molecule has 3 heteroatoms. The molecule has 26 heavy (non-hydrogen) atoms. The lowest BCUT2D eigenvalue weighted by Crippen LogP contribution is -2.17. The topological polar surface area (TPSA) is 25.2 Å². The molecular weight excluding hydrogens is 338 g/mol. The number of benzene rings is 2. The van der Waals surface area contributed by atoms with Gasteiger partial charge in [-0.1, -0.05) is 45.9 Å². The summed E-state index contributed by atoms with van der Waals surface area (Å²) in [6.07, 6.45) is 1.04. The fourth-order valence-corrected chi connectivity index (χ4v) is 3.60. The molecule has 0 amide bonds. The third-order valence-corrected chi connectivity index (χ3v) is 4.64. The zero-order chi connectivity index (χ0) is 18.9. The third-order valence-electron chi connectivity index (χ3n) is 3.91. The zero-order valence-electron chi connectivity index (χ0n) is 16.4. The Morgan fingerprint density at radius 2 is 1.65 bits per heavy atom. The van der Waals surface area contributed by atoms with Crippen LogP contribution in [-0.2, 0) is 6.42 Å². The predicted molar refractivity (Wildman–Crippen MR) is 118 cm³/mol. The Hall–Kier alpha value is -2.26. The zero-order valence-corrected chi connectivity index (χ0v) is 17.2. The molecule has 4 rings (SSSR count). The molecule has 0 saturated carbocycles. The number of anilines is 1. The largest absolute Gasteiger partial charge is 0.456 e. The summed E-state index contributed by atoms with van der Waals surface area (Å²) in [5, 5.41) is 10.3. The van der Waals surface area contributed by atoms with Crippen molar-refractivity contribution in [1.29, 1.82) is 0 Å². The molecule has 0 aliphatic rings. The Kier molecular flexibility index (Phi) is 7.73. The van der Waals surface area contributed by atoms with Crippen LogP contribution in [0, 0.1) is 0 Å². The van der Waals surface area contributed by atoms with Gasteiger partial charge in [-0.3, -0.25) is 0 Å². The molecule has 2 nitrogen and oxygen atoms in total. The van der Waals surface area contributed by atoms with E-state index in [0.29, 0.717) is 6.04 Å². The van der Waals surface area contributed by atoms with E-state index in [1.165, 1.54) is 16.3 Å². The first-order valence-electron chi connectivity index (χ1n) is 9.48. The lowest BCUT2D eigenvalue weighted by molar-refractivity contribution is 0.669. The van der Waals surface area contributed by atoms with Crippen LogP contribution in [0.3, 0.4) is 0 Å². The summed E-state index contributed by atoms with van der Waals surface area (Å²) < 4.78 is 5.87. The first-order valence-corrected chi connectivity index (χ1v) is 10.4. The van der Waals surface area contributed by atoms with Crippen LogP contribution in [0.4, 0.5) is 5.69 Å². The van der Waals surface area contributed by atoms with Crippen molar-refractivity contribution in [3.63, 3.8) is 0 Å². The van der Waals surface area contributed by atoms with Crippen LogP contribution in [0.15, 0.2) is 63.7 Å². The summed E-state index contributed by atoms with van der Waals surface area (Å²) in [5.41, 5.74) is 4.42. The van der Waals surface area contributed by atoms with Crippen LogP contribution in [0.25, 0.3) is 21.9 Å². The highest BCUT2D eigenvalue weighted by molar-refractivity contribution is 7.07. The molecule has 1 atom stereocenters. The minimum atomic E-state index is 0.394. The summed E-state index contributed by atoms with van der Waals surface area (Å²) >= 11 is 1.75. The van der Waals surface area contributed by atoms with Crippen molar-refractivity contribution in [2.45, 2.75) is 47.1 Å². The summed E-state index contributed by atoms with van der Waals surface area (Å²) in [7, 11) is 0. The fourth-order valence-electron chi connectivity index (χ4n) is 2.91. The second-order valence-electron chi connectivity index (χ2n) is 5.69. The SMILES string of the molecule is CC.CC.CC(Cc1ccsc1)Nc1ccc2oc3ccccc3c2c1. The van der Waals surface area contributed by atoms with Gasteiger partial charge in [0.15, 0.2) is 0 Å². The van der Waals surface area contributed by atoms with Crippen LogP contribution in [0.5, 0.6) is 0 Å². The molecule has 0 saturated heterocycles. The molecule has 2 aromatic heterocycles. The highest BCUT2D eigenvalue weighted by atomic mass is 32.1. The van der Waals surface area contributed by atoms with Crippen LogP contribution in [0.1, 0.15) is 40.2 Å². The van der Waals surface area contributed by atoms with E-state index in [1.54, 1.807) is 11.3 Å². The molecule has 4 aromatic rings. The van der Waals surface area contributed by atoms with Gasteiger partial charge in [0, 0.05) is 22.5 Å². The lowest BCUT2D eigenvalue weighted by Gasteiger charge is -2.14. The molecule has 1 N–H and O–H groups in total.